The van der Waals surface area contributed by atoms with Crippen LogP contribution in [0.2, 0.25) is 0 Å². The Hall–Kier alpha value is -1.36. The van der Waals surface area contributed by atoms with Gasteiger partial charge in [0.1, 0.15) is 5.82 Å². The summed E-state index contributed by atoms with van der Waals surface area (Å²) in [6, 6.07) is 0. The van der Waals surface area contributed by atoms with Crippen LogP contribution in [0.1, 0.15) is 25.1 Å². The van der Waals surface area contributed by atoms with Crippen LogP contribution in [0.15, 0.2) is 12.4 Å². The van der Waals surface area contributed by atoms with Crippen molar-refractivity contribution in [1.82, 2.24) is 19.8 Å². The van der Waals surface area contributed by atoms with Gasteiger partial charge < -0.3 is 14.8 Å². The Labute approximate surface area is 107 Å². The van der Waals surface area contributed by atoms with Gasteiger partial charge in [0.25, 0.3) is 0 Å². The maximum atomic E-state index is 12.2. The molecule has 1 amide bonds. The van der Waals surface area contributed by atoms with Gasteiger partial charge >= 0.3 is 0 Å². The summed E-state index contributed by atoms with van der Waals surface area (Å²) in [6.07, 6.45) is 6.73. The molecule has 2 aliphatic heterocycles. The van der Waals surface area contributed by atoms with E-state index >= 15 is 0 Å². The maximum Gasteiger partial charge on any atom is 0.223 e. The summed E-state index contributed by atoms with van der Waals surface area (Å²) >= 11 is 0. The van der Waals surface area contributed by atoms with Gasteiger partial charge in [-0.1, -0.05) is 0 Å². The first-order chi connectivity index (χ1) is 8.83. The minimum Gasteiger partial charge on any atom is -0.333 e. The van der Waals surface area contributed by atoms with Crippen LogP contribution in [0.5, 0.6) is 0 Å². The predicted molar refractivity (Wildman–Crippen MR) is 67.9 cm³/mol. The molecule has 5 heteroatoms. The Kier molecular flexibility index (Phi) is 3.32. The number of carbonyl (C=O) groups is 1. The second-order valence-corrected chi connectivity index (χ2v) is 5.25. The van der Waals surface area contributed by atoms with E-state index in [2.05, 4.69) is 14.9 Å². The number of imidazole rings is 1. The second-order valence-electron chi connectivity index (χ2n) is 5.25. The van der Waals surface area contributed by atoms with E-state index in [0.29, 0.717) is 18.9 Å². The van der Waals surface area contributed by atoms with E-state index in [0.717, 1.165) is 38.4 Å². The lowest BCUT2D eigenvalue weighted by atomic mass is 10.0. The zero-order chi connectivity index (χ0) is 12.4. The lowest BCUT2D eigenvalue weighted by molar-refractivity contribution is -0.133. The Balaban J connectivity index is 1.51. The Morgan fingerprint density at radius 1 is 1.50 bits per heavy atom. The number of hydrogen-bond donors (Lipinski definition) is 1. The summed E-state index contributed by atoms with van der Waals surface area (Å²) in [5.74, 6) is 1.99. The molecule has 1 fully saturated rings. The fourth-order valence-corrected chi connectivity index (χ4v) is 2.83. The van der Waals surface area contributed by atoms with Crippen molar-refractivity contribution in [3.63, 3.8) is 0 Å². The highest BCUT2D eigenvalue weighted by molar-refractivity contribution is 5.76. The van der Waals surface area contributed by atoms with E-state index < -0.39 is 0 Å². The molecule has 1 atom stereocenters. The first-order valence-electron chi connectivity index (χ1n) is 6.81. The maximum absolute atomic E-state index is 12.2. The number of amides is 1. The van der Waals surface area contributed by atoms with Gasteiger partial charge in [-0.3, -0.25) is 4.79 Å². The van der Waals surface area contributed by atoms with Crippen LogP contribution >= 0.6 is 0 Å². The summed E-state index contributed by atoms with van der Waals surface area (Å²) in [7, 11) is 0. The molecule has 98 valence electrons. The number of fused-ring (bicyclic) bond motifs is 1. The fourth-order valence-electron chi connectivity index (χ4n) is 2.83. The van der Waals surface area contributed by atoms with Crippen LogP contribution in [0.4, 0.5) is 0 Å². The first-order valence-corrected chi connectivity index (χ1v) is 6.81. The topological polar surface area (TPSA) is 50.2 Å². The number of rotatable bonds is 3. The lowest BCUT2D eigenvalue weighted by Gasteiger charge is -2.28. The molecule has 0 aliphatic carbocycles. The van der Waals surface area contributed by atoms with Crippen LogP contribution in [0, 0.1) is 5.92 Å². The SMILES string of the molecule is O=C(CCC1CCNC1)N1CCn2ccnc2C1. The third kappa shape index (κ3) is 2.41. The summed E-state index contributed by atoms with van der Waals surface area (Å²) in [4.78, 5) is 18.4. The molecule has 2 aliphatic rings. The molecule has 1 N–H and O–H groups in total. The minimum atomic E-state index is 0.288. The number of aromatic nitrogens is 2. The van der Waals surface area contributed by atoms with Crippen molar-refractivity contribution in [1.29, 1.82) is 0 Å². The number of hydrogen-bond acceptors (Lipinski definition) is 3. The Morgan fingerprint density at radius 3 is 3.28 bits per heavy atom. The van der Waals surface area contributed by atoms with Gasteiger partial charge in [-0.15, -0.1) is 0 Å². The van der Waals surface area contributed by atoms with Gasteiger partial charge in [0.2, 0.25) is 5.91 Å². The van der Waals surface area contributed by atoms with Crippen molar-refractivity contribution in [2.24, 2.45) is 5.92 Å². The molecule has 0 radical (unpaired) electrons. The van der Waals surface area contributed by atoms with E-state index in [1.807, 2.05) is 17.3 Å². The Morgan fingerprint density at radius 2 is 2.44 bits per heavy atom. The molecule has 3 heterocycles. The largest absolute Gasteiger partial charge is 0.333 e. The molecule has 5 nitrogen and oxygen atoms in total. The highest BCUT2D eigenvalue weighted by atomic mass is 16.2. The standard InChI is InChI=1S/C13H20N4O/c18-13(2-1-11-3-4-14-9-11)17-8-7-16-6-5-15-12(16)10-17/h5-6,11,14H,1-4,7-10H2. The average molecular weight is 248 g/mol. The van der Waals surface area contributed by atoms with Crippen molar-refractivity contribution in [3.8, 4) is 0 Å². The van der Waals surface area contributed by atoms with Crippen molar-refractivity contribution >= 4 is 5.91 Å². The van der Waals surface area contributed by atoms with Gasteiger partial charge in [-0.25, -0.2) is 4.98 Å². The first kappa shape index (κ1) is 11.7. The summed E-state index contributed by atoms with van der Waals surface area (Å²) in [5, 5.41) is 3.35. The molecule has 3 rings (SSSR count). The molecule has 0 spiro atoms. The zero-order valence-electron chi connectivity index (χ0n) is 10.6. The molecular weight excluding hydrogens is 228 g/mol. The predicted octanol–water partition coefficient (Wildman–Crippen LogP) is 0.615. The third-order valence-corrected chi connectivity index (χ3v) is 4.03. The number of carbonyl (C=O) groups excluding carboxylic acids is 1. The quantitative estimate of drug-likeness (QED) is 0.853. The summed E-state index contributed by atoms with van der Waals surface area (Å²) in [5.41, 5.74) is 0. The lowest BCUT2D eigenvalue weighted by Crippen LogP contribution is -2.38. The van der Waals surface area contributed by atoms with Gasteiger partial charge in [0.15, 0.2) is 0 Å². The number of nitrogens with one attached hydrogen (secondary N) is 1. The highest BCUT2D eigenvalue weighted by Gasteiger charge is 2.22. The van der Waals surface area contributed by atoms with Crippen LogP contribution in [-0.2, 0) is 17.9 Å². The molecule has 1 unspecified atom stereocenters. The normalized spacial score (nSPS) is 23.1. The fraction of sp³-hybridized carbons (Fsp3) is 0.692. The van der Waals surface area contributed by atoms with Crippen LogP contribution < -0.4 is 5.32 Å². The van der Waals surface area contributed by atoms with Crippen LogP contribution in [0.3, 0.4) is 0 Å². The molecule has 18 heavy (non-hydrogen) atoms. The van der Waals surface area contributed by atoms with Crippen molar-refractivity contribution in [2.75, 3.05) is 19.6 Å². The molecule has 1 saturated heterocycles. The van der Waals surface area contributed by atoms with Gasteiger partial charge in [-0.2, -0.15) is 0 Å². The summed E-state index contributed by atoms with van der Waals surface area (Å²) < 4.78 is 2.13. The second kappa shape index (κ2) is 5.10. The molecule has 1 aromatic heterocycles. The molecular formula is C13H20N4O. The monoisotopic (exact) mass is 248 g/mol. The molecule has 0 aromatic carbocycles. The van der Waals surface area contributed by atoms with Crippen LogP contribution in [-0.4, -0.2) is 40.0 Å². The molecule has 1 aromatic rings. The van der Waals surface area contributed by atoms with E-state index in [1.54, 1.807) is 0 Å². The summed E-state index contributed by atoms with van der Waals surface area (Å²) in [6.45, 7) is 4.57. The smallest absolute Gasteiger partial charge is 0.223 e. The van der Waals surface area contributed by atoms with E-state index in [1.165, 1.54) is 6.42 Å². The van der Waals surface area contributed by atoms with E-state index in [9.17, 15) is 4.79 Å². The van der Waals surface area contributed by atoms with Crippen LogP contribution in [0.25, 0.3) is 0 Å². The highest BCUT2D eigenvalue weighted by Crippen LogP contribution is 2.17. The van der Waals surface area contributed by atoms with Crippen molar-refractivity contribution in [2.45, 2.75) is 32.4 Å². The average Bonchev–Trinajstić information content (AvgIpc) is 3.05. The zero-order valence-corrected chi connectivity index (χ0v) is 10.6. The van der Waals surface area contributed by atoms with Gasteiger partial charge in [-0.05, 0) is 31.8 Å². The Bertz CT molecular complexity index is 422. The van der Waals surface area contributed by atoms with Gasteiger partial charge in [0.05, 0.1) is 6.54 Å². The van der Waals surface area contributed by atoms with E-state index in [4.69, 9.17) is 0 Å². The minimum absolute atomic E-state index is 0.288. The van der Waals surface area contributed by atoms with E-state index in [-0.39, 0.29) is 5.91 Å². The van der Waals surface area contributed by atoms with Crippen molar-refractivity contribution in [3.05, 3.63) is 18.2 Å². The van der Waals surface area contributed by atoms with Gasteiger partial charge in [0, 0.05) is 31.9 Å². The molecule has 0 bridgehead atoms. The molecule has 0 saturated carbocycles. The third-order valence-electron chi connectivity index (χ3n) is 4.03. The van der Waals surface area contributed by atoms with Crippen molar-refractivity contribution < 1.29 is 4.79 Å². The number of nitrogens with zero attached hydrogens (tertiary/aromatic N) is 3.